The van der Waals surface area contributed by atoms with Crippen molar-refractivity contribution in [2.45, 2.75) is 12.3 Å². The van der Waals surface area contributed by atoms with Crippen LogP contribution >= 0.6 is 0 Å². The third kappa shape index (κ3) is 3.74. The minimum atomic E-state index is -0.646. The number of aromatic nitrogens is 1. The van der Waals surface area contributed by atoms with Crippen molar-refractivity contribution in [2.75, 3.05) is 14.2 Å². The second-order valence-electron chi connectivity index (χ2n) is 8.78. The van der Waals surface area contributed by atoms with Crippen LogP contribution in [-0.4, -0.2) is 31.0 Å². The summed E-state index contributed by atoms with van der Waals surface area (Å²) in [7, 11) is 3.08. The molecule has 0 radical (unpaired) electrons. The average Bonchev–Trinajstić information content (AvgIpc) is 3.22. The number of ether oxygens (including phenoxy) is 4. The van der Waals surface area contributed by atoms with Crippen LogP contribution in [-0.2, 0) is 4.79 Å². The lowest BCUT2D eigenvalue weighted by atomic mass is 9.85. The maximum atomic E-state index is 13.3. The number of aromatic amines is 1. The van der Waals surface area contributed by atoms with Crippen LogP contribution in [0.2, 0.25) is 0 Å². The van der Waals surface area contributed by atoms with E-state index < -0.39 is 11.9 Å². The fourth-order valence-corrected chi connectivity index (χ4v) is 4.89. The number of Topliss-reactive ketones (excluding diaryl/α,β-unsaturated/α-hetero) is 1. The Morgan fingerprint density at radius 2 is 1.73 bits per heavy atom. The first kappa shape index (κ1) is 22.6. The number of carbonyl (C=O) groups excluding carboxylic acids is 2. The van der Waals surface area contributed by atoms with Gasteiger partial charge in [-0.25, -0.2) is 0 Å². The van der Waals surface area contributed by atoms with Gasteiger partial charge in [0.2, 0.25) is 5.78 Å². The molecule has 6 rings (SSSR count). The third-order valence-electron chi connectivity index (χ3n) is 6.64. The van der Waals surface area contributed by atoms with Crippen LogP contribution in [0.3, 0.4) is 0 Å². The van der Waals surface area contributed by atoms with Gasteiger partial charge in [-0.3, -0.25) is 14.4 Å². The van der Waals surface area contributed by atoms with Gasteiger partial charge in [-0.05, 0) is 53.4 Å². The lowest BCUT2D eigenvalue weighted by molar-refractivity contribution is -0.135. The van der Waals surface area contributed by atoms with E-state index in [9.17, 15) is 14.4 Å². The zero-order valence-electron chi connectivity index (χ0n) is 20.0. The van der Waals surface area contributed by atoms with E-state index in [1.165, 1.54) is 7.11 Å². The lowest BCUT2D eigenvalue weighted by Gasteiger charge is -2.26. The van der Waals surface area contributed by atoms with Gasteiger partial charge in [0.15, 0.2) is 17.3 Å². The van der Waals surface area contributed by atoms with E-state index in [4.69, 9.17) is 18.9 Å². The molecule has 0 saturated heterocycles. The van der Waals surface area contributed by atoms with E-state index >= 15 is 0 Å². The number of H-pyrrole nitrogens is 1. The number of allylic oxidation sites excluding steroid dienone is 1. The molecule has 0 amide bonds. The molecule has 0 bridgehead atoms. The monoisotopic (exact) mass is 495 g/mol. The van der Waals surface area contributed by atoms with Crippen LogP contribution in [0.5, 0.6) is 23.0 Å². The summed E-state index contributed by atoms with van der Waals surface area (Å²) in [4.78, 5) is 41.8. The molecule has 2 aliphatic heterocycles. The maximum absolute atomic E-state index is 13.3. The molecule has 8 nitrogen and oxygen atoms in total. The van der Waals surface area contributed by atoms with Gasteiger partial charge in [0.1, 0.15) is 11.5 Å². The molecule has 3 heterocycles. The molecule has 1 atom stereocenters. The van der Waals surface area contributed by atoms with Gasteiger partial charge >= 0.3 is 5.97 Å². The van der Waals surface area contributed by atoms with Crippen molar-refractivity contribution in [3.05, 3.63) is 99.0 Å². The lowest BCUT2D eigenvalue weighted by Crippen LogP contribution is -2.26. The Labute approximate surface area is 211 Å². The van der Waals surface area contributed by atoms with Crippen molar-refractivity contribution in [3.63, 3.8) is 0 Å². The van der Waals surface area contributed by atoms with Crippen LogP contribution in [0.25, 0.3) is 17.0 Å². The van der Waals surface area contributed by atoms with Crippen molar-refractivity contribution in [2.24, 2.45) is 0 Å². The number of benzene rings is 3. The topological polar surface area (TPSA) is 104 Å². The molecule has 37 heavy (non-hydrogen) atoms. The number of rotatable bonds is 4. The zero-order valence-corrected chi connectivity index (χ0v) is 20.0. The van der Waals surface area contributed by atoms with Crippen molar-refractivity contribution < 1.29 is 28.5 Å². The molecule has 8 heteroatoms. The van der Waals surface area contributed by atoms with E-state index in [-0.39, 0.29) is 29.3 Å². The molecule has 2 aliphatic rings. The standard InChI is InChI=1S/C29H21NO7/c1-34-21-9-7-15(11-23(21)35-2)12-24-27(32)17-8-10-22-26(28(17)37-24)18(14-25(31)36-22)19-13-16-5-3-4-6-20(16)30-29(19)33/h3-13,18H,14H2,1-2H3,(H,30,33)/b24-12-/t18-/m1/s1. The largest absolute Gasteiger partial charge is 0.493 e. The molecule has 4 aromatic rings. The highest BCUT2D eigenvalue weighted by Gasteiger charge is 2.39. The summed E-state index contributed by atoms with van der Waals surface area (Å²) in [5.41, 5.74) is 2.30. The van der Waals surface area contributed by atoms with E-state index in [0.717, 1.165) is 5.39 Å². The summed E-state index contributed by atoms with van der Waals surface area (Å²) in [6.45, 7) is 0. The van der Waals surface area contributed by atoms with Crippen molar-refractivity contribution in [1.29, 1.82) is 0 Å². The fraction of sp³-hybridized carbons (Fsp3) is 0.138. The van der Waals surface area contributed by atoms with Gasteiger partial charge in [0.25, 0.3) is 5.56 Å². The second-order valence-corrected chi connectivity index (χ2v) is 8.78. The number of nitrogens with one attached hydrogen (secondary N) is 1. The Balaban J connectivity index is 1.46. The van der Waals surface area contributed by atoms with E-state index in [1.54, 1.807) is 49.6 Å². The van der Waals surface area contributed by atoms with Crippen LogP contribution in [0, 0.1) is 0 Å². The van der Waals surface area contributed by atoms with Crippen LogP contribution in [0.15, 0.2) is 71.2 Å². The van der Waals surface area contributed by atoms with Crippen molar-refractivity contribution in [3.8, 4) is 23.0 Å². The summed E-state index contributed by atoms with van der Waals surface area (Å²) in [6, 6.07) is 17.6. The van der Waals surface area contributed by atoms with Crippen LogP contribution < -0.4 is 24.5 Å². The average molecular weight is 495 g/mol. The number of carbonyl (C=O) groups is 2. The van der Waals surface area contributed by atoms with Gasteiger partial charge in [0, 0.05) is 22.6 Å². The van der Waals surface area contributed by atoms with Gasteiger partial charge < -0.3 is 23.9 Å². The highest BCUT2D eigenvalue weighted by Crippen LogP contribution is 2.48. The molecule has 1 N–H and O–H groups in total. The normalized spacial score (nSPS) is 17.2. The van der Waals surface area contributed by atoms with E-state index in [0.29, 0.717) is 45.0 Å². The molecule has 0 spiro atoms. The highest BCUT2D eigenvalue weighted by molar-refractivity contribution is 6.15. The Morgan fingerprint density at radius 1 is 0.919 bits per heavy atom. The van der Waals surface area contributed by atoms with E-state index in [1.807, 2.05) is 24.3 Å². The number of methoxy groups -OCH3 is 2. The van der Waals surface area contributed by atoms with Gasteiger partial charge in [-0.1, -0.05) is 24.3 Å². The number of hydrogen-bond donors (Lipinski definition) is 1. The molecule has 3 aromatic carbocycles. The molecule has 0 saturated carbocycles. The Morgan fingerprint density at radius 3 is 2.54 bits per heavy atom. The summed E-state index contributed by atoms with van der Waals surface area (Å²) < 4.78 is 22.2. The van der Waals surface area contributed by atoms with E-state index in [2.05, 4.69) is 4.98 Å². The van der Waals surface area contributed by atoms with Crippen molar-refractivity contribution >= 4 is 28.7 Å². The van der Waals surface area contributed by atoms with Gasteiger partial charge in [0.05, 0.1) is 26.2 Å². The number of para-hydroxylation sites is 1. The number of fused-ring (bicyclic) bond motifs is 4. The first-order valence-electron chi connectivity index (χ1n) is 11.6. The molecule has 184 valence electrons. The molecule has 0 fully saturated rings. The minimum absolute atomic E-state index is 0.0584. The SMILES string of the molecule is COc1ccc(/C=C2\Oc3c(ccc4c3[C@@H](c3cc5ccccc5[nH]c3=O)CC(=O)O4)C2=O)cc1OC. The Bertz CT molecular complexity index is 1700. The molecular formula is C29H21NO7. The Kier molecular flexibility index (Phi) is 5.30. The van der Waals surface area contributed by atoms with Crippen LogP contribution in [0.1, 0.15) is 39.4 Å². The van der Waals surface area contributed by atoms with Gasteiger partial charge in [-0.15, -0.1) is 0 Å². The Hall–Kier alpha value is -4.85. The van der Waals surface area contributed by atoms with Crippen LogP contribution in [0.4, 0.5) is 0 Å². The molecular weight excluding hydrogens is 474 g/mol. The smallest absolute Gasteiger partial charge is 0.312 e. The number of pyridine rings is 1. The quantitative estimate of drug-likeness (QED) is 0.251. The zero-order chi connectivity index (χ0) is 25.7. The summed E-state index contributed by atoms with van der Waals surface area (Å²) >= 11 is 0. The fourth-order valence-electron chi connectivity index (χ4n) is 4.89. The molecule has 0 aliphatic carbocycles. The molecule has 1 aromatic heterocycles. The predicted molar refractivity (Wildman–Crippen MR) is 136 cm³/mol. The highest BCUT2D eigenvalue weighted by atomic mass is 16.5. The number of ketones is 1. The minimum Gasteiger partial charge on any atom is -0.493 e. The van der Waals surface area contributed by atoms with Crippen molar-refractivity contribution in [1.82, 2.24) is 4.98 Å². The first-order chi connectivity index (χ1) is 18.0. The number of hydrogen-bond acceptors (Lipinski definition) is 7. The van der Waals surface area contributed by atoms with Gasteiger partial charge in [-0.2, -0.15) is 0 Å². The first-order valence-corrected chi connectivity index (χ1v) is 11.6. The molecule has 0 unspecified atom stereocenters. The summed E-state index contributed by atoms with van der Waals surface area (Å²) in [6.07, 6.45) is 1.56. The maximum Gasteiger partial charge on any atom is 0.312 e. The number of esters is 1. The summed E-state index contributed by atoms with van der Waals surface area (Å²) in [5, 5.41) is 0.830. The summed E-state index contributed by atoms with van der Waals surface area (Å²) in [5.74, 6) is 0.329. The second kappa shape index (κ2) is 8.67. The third-order valence-corrected chi connectivity index (χ3v) is 6.64. The predicted octanol–water partition coefficient (Wildman–Crippen LogP) is 4.60.